The third-order valence-electron chi connectivity index (χ3n) is 3.05. The number of methoxy groups -OCH3 is 1. The van der Waals surface area contributed by atoms with Crippen LogP contribution in [0.5, 0.6) is 11.5 Å². The molecule has 2 rings (SSSR count). The van der Waals surface area contributed by atoms with Crippen molar-refractivity contribution in [3.8, 4) is 11.5 Å². The number of hydrogen-bond acceptors (Lipinski definition) is 2. The van der Waals surface area contributed by atoms with E-state index in [0.29, 0.717) is 6.61 Å². The molecule has 0 heterocycles. The van der Waals surface area contributed by atoms with Crippen molar-refractivity contribution in [3.63, 3.8) is 0 Å². The van der Waals surface area contributed by atoms with Crippen molar-refractivity contribution in [3.05, 3.63) is 58.1 Å². The number of aryl methyl sites for hydroxylation is 1. The van der Waals surface area contributed by atoms with Gasteiger partial charge in [0.15, 0.2) is 11.5 Å². The second kappa shape index (κ2) is 7.34. The molecule has 0 aromatic heterocycles. The molecule has 0 atom stereocenters. The highest BCUT2D eigenvalue weighted by molar-refractivity contribution is 9.10. The van der Waals surface area contributed by atoms with Gasteiger partial charge in [0, 0.05) is 0 Å². The Morgan fingerprint density at radius 2 is 1.80 bits per heavy atom. The molecule has 0 amide bonds. The van der Waals surface area contributed by atoms with Crippen LogP contribution in [0.2, 0.25) is 0 Å². The standard InChI is InChI=1S/C17H19BrO2/c1-3-7-14-10-15(18)17(16(11-14)19-2)20-12-13-8-5-4-6-9-13/h4-6,8-11H,3,7,12H2,1-2H3. The first-order chi connectivity index (χ1) is 9.74. The molecule has 0 unspecified atom stereocenters. The summed E-state index contributed by atoms with van der Waals surface area (Å²) in [4.78, 5) is 0. The Morgan fingerprint density at radius 3 is 2.45 bits per heavy atom. The van der Waals surface area contributed by atoms with E-state index < -0.39 is 0 Å². The highest BCUT2D eigenvalue weighted by atomic mass is 79.9. The van der Waals surface area contributed by atoms with Crippen LogP contribution in [0.25, 0.3) is 0 Å². The molecule has 0 bridgehead atoms. The van der Waals surface area contributed by atoms with Crippen LogP contribution in [0, 0.1) is 0 Å². The van der Waals surface area contributed by atoms with Gasteiger partial charge in [0.1, 0.15) is 6.61 Å². The Morgan fingerprint density at radius 1 is 1.05 bits per heavy atom. The molecular weight excluding hydrogens is 316 g/mol. The molecule has 0 aliphatic carbocycles. The average molecular weight is 335 g/mol. The number of rotatable bonds is 6. The van der Waals surface area contributed by atoms with E-state index in [-0.39, 0.29) is 0 Å². The van der Waals surface area contributed by atoms with Crippen LogP contribution in [0.3, 0.4) is 0 Å². The van der Waals surface area contributed by atoms with Crippen LogP contribution in [-0.4, -0.2) is 7.11 Å². The minimum Gasteiger partial charge on any atom is -0.493 e. The highest BCUT2D eigenvalue weighted by Crippen LogP contribution is 2.37. The molecule has 2 nitrogen and oxygen atoms in total. The van der Waals surface area contributed by atoms with Gasteiger partial charge in [-0.05, 0) is 45.6 Å². The normalized spacial score (nSPS) is 10.3. The first-order valence-corrected chi connectivity index (χ1v) is 7.57. The quantitative estimate of drug-likeness (QED) is 0.740. The summed E-state index contributed by atoms with van der Waals surface area (Å²) in [7, 11) is 1.67. The zero-order valence-electron chi connectivity index (χ0n) is 11.9. The molecule has 20 heavy (non-hydrogen) atoms. The van der Waals surface area contributed by atoms with E-state index in [2.05, 4.69) is 35.0 Å². The maximum atomic E-state index is 5.91. The topological polar surface area (TPSA) is 18.5 Å². The Labute approximate surface area is 128 Å². The first-order valence-electron chi connectivity index (χ1n) is 6.77. The van der Waals surface area contributed by atoms with Crippen molar-refractivity contribution in [1.29, 1.82) is 0 Å². The van der Waals surface area contributed by atoms with Crippen LogP contribution in [0.4, 0.5) is 0 Å². The predicted octanol–water partition coefficient (Wildman–Crippen LogP) is 4.99. The van der Waals surface area contributed by atoms with E-state index in [0.717, 1.165) is 34.4 Å². The van der Waals surface area contributed by atoms with Crippen molar-refractivity contribution in [1.82, 2.24) is 0 Å². The van der Waals surface area contributed by atoms with Crippen LogP contribution in [0.15, 0.2) is 46.9 Å². The second-order valence-electron chi connectivity index (χ2n) is 4.63. The number of hydrogen-bond donors (Lipinski definition) is 0. The molecule has 0 spiro atoms. The maximum Gasteiger partial charge on any atom is 0.175 e. The fourth-order valence-corrected chi connectivity index (χ4v) is 2.68. The molecule has 106 valence electrons. The van der Waals surface area contributed by atoms with Gasteiger partial charge in [0.2, 0.25) is 0 Å². The molecule has 0 aliphatic heterocycles. The maximum absolute atomic E-state index is 5.91. The van der Waals surface area contributed by atoms with Gasteiger partial charge in [-0.2, -0.15) is 0 Å². The van der Waals surface area contributed by atoms with Crippen LogP contribution < -0.4 is 9.47 Å². The molecule has 0 radical (unpaired) electrons. The fourth-order valence-electron chi connectivity index (χ4n) is 2.08. The van der Waals surface area contributed by atoms with Gasteiger partial charge in [0.05, 0.1) is 11.6 Å². The molecule has 2 aromatic carbocycles. The molecule has 0 fully saturated rings. The number of ether oxygens (including phenoxy) is 2. The summed E-state index contributed by atoms with van der Waals surface area (Å²) in [6.45, 7) is 2.70. The van der Waals surface area contributed by atoms with Gasteiger partial charge in [-0.15, -0.1) is 0 Å². The minimum absolute atomic E-state index is 0.531. The molecule has 0 aliphatic rings. The van der Waals surface area contributed by atoms with E-state index in [1.807, 2.05) is 30.3 Å². The molecule has 3 heteroatoms. The van der Waals surface area contributed by atoms with Crippen molar-refractivity contribution >= 4 is 15.9 Å². The van der Waals surface area contributed by atoms with Crippen LogP contribution in [-0.2, 0) is 13.0 Å². The molecular formula is C17H19BrO2. The average Bonchev–Trinajstić information content (AvgIpc) is 2.47. The van der Waals surface area contributed by atoms with E-state index in [1.54, 1.807) is 7.11 Å². The lowest BCUT2D eigenvalue weighted by molar-refractivity contribution is 0.282. The molecule has 0 N–H and O–H groups in total. The third-order valence-corrected chi connectivity index (χ3v) is 3.64. The summed E-state index contributed by atoms with van der Waals surface area (Å²) >= 11 is 3.58. The Bertz CT molecular complexity index is 552. The lowest BCUT2D eigenvalue weighted by Gasteiger charge is -2.14. The van der Waals surface area contributed by atoms with E-state index in [1.165, 1.54) is 5.56 Å². The van der Waals surface area contributed by atoms with E-state index in [4.69, 9.17) is 9.47 Å². The van der Waals surface area contributed by atoms with E-state index in [9.17, 15) is 0 Å². The Balaban J connectivity index is 2.18. The third kappa shape index (κ3) is 3.76. The largest absolute Gasteiger partial charge is 0.493 e. The predicted molar refractivity (Wildman–Crippen MR) is 85.5 cm³/mol. The fraction of sp³-hybridized carbons (Fsp3) is 0.294. The Hall–Kier alpha value is -1.48. The monoisotopic (exact) mass is 334 g/mol. The second-order valence-corrected chi connectivity index (χ2v) is 5.49. The van der Waals surface area contributed by atoms with Crippen molar-refractivity contribution in [2.24, 2.45) is 0 Å². The lowest BCUT2D eigenvalue weighted by Crippen LogP contribution is -1.99. The van der Waals surface area contributed by atoms with Gasteiger partial charge in [-0.1, -0.05) is 43.7 Å². The lowest BCUT2D eigenvalue weighted by atomic mass is 10.1. The minimum atomic E-state index is 0.531. The number of halogens is 1. The molecule has 0 saturated heterocycles. The van der Waals surface area contributed by atoms with Crippen LogP contribution in [0.1, 0.15) is 24.5 Å². The molecule has 2 aromatic rings. The summed E-state index contributed by atoms with van der Waals surface area (Å²) in [5, 5.41) is 0. The summed E-state index contributed by atoms with van der Waals surface area (Å²) in [5.74, 6) is 1.54. The zero-order chi connectivity index (χ0) is 14.4. The first kappa shape index (κ1) is 14.9. The van der Waals surface area contributed by atoms with Gasteiger partial charge < -0.3 is 9.47 Å². The molecule has 0 saturated carbocycles. The van der Waals surface area contributed by atoms with Gasteiger partial charge in [-0.3, -0.25) is 0 Å². The van der Waals surface area contributed by atoms with Crippen molar-refractivity contribution < 1.29 is 9.47 Å². The number of benzene rings is 2. The van der Waals surface area contributed by atoms with Gasteiger partial charge in [0.25, 0.3) is 0 Å². The van der Waals surface area contributed by atoms with Gasteiger partial charge >= 0.3 is 0 Å². The summed E-state index contributed by atoms with van der Waals surface area (Å²) in [6, 6.07) is 14.3. The van der Waals surface area contributed by atoms with Gasteiger partial charge in [-0.25, -0.2) is 0 Å². The summed E-state index contributed by atoms with van der Waals surface area (Å²) in [6.07, 6.45) is 2.15. The van der Waals surface area contributed by atoms with Crippen LogP contribution >= 0.6 is 15.9 Å². The zero-order valence-corrected chi connectivity index (χ0v) is 13.4. The SMILES string of the molecule is CCCc1cc(Br)c(OCc2ccccc2)c(OC)c1. The smallest absolute Gasteiger partial charge is 0.175 e. The van der Waals surface area contributed by atoms with Crippen molar-refractivity contribution in [2.45, 2.75) is 26.4 Å². The van der Waals surface area contributed by atoms with E-state index >= 15 is 0 Å². The Kier molecular flexibility index (Phi) is 5.48. The summed E-state index contributed by atoms with van der Waals surface area (Å²) in [5.41, 5.74) is 2.39. The summed E-state index contributed by atoms with van der Waals surface area (Å²) < 4.78 is 12.3. The van der Waals surface area contributed by atoms with Crippen molar-refractivity contribution in [2.75, 3.05) is 7.11 Å². The highest BCUT2D eigenvalue weighted by Gasteiger charge is 2.11.